The zero-order valence-corrected chi connectivity index (χ0v) is 26.1. The molecule has 4 heterocycles. The Balaban J connectivity index is 1.02. The summed E-state index contributed by atoms with van der Waals surface area (Å²) in [7, 11) is 1.86. The number of hydrogen-bond acceptors (Lipinski definition) is 8. The van der Waals surface area contributed by atoms with Crippen LogP contribution in [0.3, 0.4) is 0 Å². The number of ether oxygens (including phenoxy) is 3. The van der Waals surface area contributed by atoms with Crippen LogP contribution in [0.4, 0.5) is 18.0 Å². The minimum absolute atomic E-state index is 0.0178. The summed E-state index contributed by atoms with van der Waals surface area (Å²) in [6, 6.07) is 5.02. The van der Waals surface area contributed by atoms with Gasteiger partial charge in [-0.15, -0.1) is 15.3 Å². The van der Waals surface area contributed by atoms with Gasteiger partial charge in [0.05, 0.1) is 29.9 Å². The molecule has 3 aromatic rings. The molecule has 4 fully saturated rings. The number of nitrogens with one attached hydrogen (secondary N) is 1. The molecule has 2 saturated carbocycles. The average Bonchev–Trinajstić information content (AvgIpc) is 3.63. The second kappa shape index (κ2) is 11.6. The van der Waals surface area contributed by atoms with Crippen LogP contribution in [0.15, 0.2) is 30.5 Å². The number of carbonyl (C=O) groups is 1. The summed E-state index contributed by atoms with van der Waals surface area (Å²) >= 11 is 0. The fraction of sp³-hybridized carbons (Fsp3) is 0.645. The first-order valence-corrected chi connectivity index (χ1v) is 15.5. The molecule has 14 heteroatoms. The lowest BCUT2D eigenvalue weighted by molar-refractivity contribution is -0.168. The Morgan fingerprint density at radius 1 is 1.07 bits per heavy atom. The number of aromatic nitrogens is 6. The van der Waals surface area contributed by atoms with Crippen LogP contribution in [0.25, 0.3) is 0 Å². The number of amides is 1. The van der Waals surface area contributed by atoms with E-state index in [0.29, 0.717) is 12.4 Å². The predicted octanol–water partition coefficient (Wildman–Crippen LogP) is 5.97. The monoisotopic (exact) mass is 631 g/mol. The van der Waals surface area contributed by atoms with E-state index in [4.69, 9.17) is 14.2 Å². The van der Waals surface area contributed by atoms with E-state index in [1.165, 1.54) is 12.1 Å². The van der Waals surface area contributed by atoms with E-state index in [0.717, 1.165) is 75.0 Å². The van der Waals surface area contributed by atoms with Crippen molar-refractivity contribution >= 4 is 6.09 Å². The summed E-state index contributed by atoms with van der Waals surface area (Å²) in [4.78, 5) is 12.4. The maximum Gasteiger partial charge on any atom is 0.416 e. The third-order valence-corrected chi connectivity index (χ3v) is 9.35. The van der Waals surface area contributed by atoms with E-state index < -0.39 is 34.6 Å². The van der Waals surface area contributed by atoms with Crippen molar-refractivity contribution in [2.75, 3.05) is 6.61 Å². The normalized spacial score (nSPS) is 26.9. The van der Waals surface area contributed by atoms with E-state index >= 15 is 0 Å². The molecule has 7 rings (SSSR count). The summed E-state index contributed by atoms with van der Waals surface area (Å²) in [6.07, 6.45) is 3.82. The highest BCUT2D eigenvalue weighted by atomic mass is 19.4. The molecule has 2 bridgehead atoms. The second-order valence-electron chi connectivity index (χ2n) is 13.6. The second-order valence-corrected chi connectivity index (χ2v) is 13.6. The standard InChI is InChI=1S/C31H40F3N7O4/c1-28(2,3)45-27(42)35-29-12-14-30(15-13-29,44-19-29)24-17-41(39-36-24)22-10-8-20(9-11-22)26-38-37-25(40(26)4)18-43-23-7-5-6-21(16-23)31(32,33)34/h5-7,16-17,20,22H,8-15,18-19H2,1-4H3,(H,35,42). The van der Waals surface area contributed by atoms with Gasteiger partial charge in [-0.25, -0.2) is 9.48 Å². The fourth-order valence-corrected chi connectivity index (χ4v) is 6.74. The molecule has 0 atom stereocenters. The predicted molar refractivity (Wildman–Crippen MR) is 155 cm³/mol. The number of halogens is 3. The number of fused-ring (bicyclic) bond motifs is 3. The highest BCUT2D eigenvalue weighted by Gasteiger charge is 2.53. The van der Waals surface area contributed by atoms with Crippen molar-refractivity contribution in [3.05, 3.63) is 53.4 Å². The van der Waals surface area contributed by atoms with Gasteiger partial charge in [0.25, 0.3) is 0 Å². The number of alkyl carbamates (subject to hydrolysis) is 1. The first-order chi connectivity index (χ1) is 21.2. The Bertz CT molecular complexity index is 1500. The number of alkyl halides is 3. The van der Waals surface area contributed by atoms with Gasteiger partial charge in [0.2, 0.25) is 0 Å². The third kappa shape index (κ3) is 6.66. The summed E-state index contributed by atoms with van der Waals surface area (Å²) in [5.41, 5.74) is -1.37. The lowest BCUT2D eigenvalue weighted by Crippen LogP contribution is -2.62. The molecule has 0 spiro atoms. The number of hydrogen-bond donors (Lipinski definition) is 1. The lowest BCUT2D eigenvalue weighted by atomic mass is 9.70. The molecule has 244 valence electrons. The van der Waals surface area contributed by atoms with E-state index in [1.807, 2.05) is 43.3 Å². The number of rotatable bonds is 7. The maximum atomic E-state index is 13.0. The molecule has 0 radical (unpaired) electrons. The van der Waals surface area contributed by atoms with Crippen LogP contribution in [0.2, 0.25) is 0 Å². The smallest absolute Gasteiger partial charge is 0.416 e. The molecule has 1 N–H and O–H groups in total. The molecular formula is C31H40F3N7O4. The van der Waals surface area contributed by atoms with Crippen LogP contribution in [0, 0.1) is 0 Å². The molecule has 1 amide bonds. The number of benzene rings is 1. The zero-order valence-electron chi connectivity index (χ0n) is 26.1. The van der Waals surface area contributed by atoms with Gasteiger partial charge in [0.1, 0.15) is 35.1 Å². The van der Waals surface area contributed by atoms with Crippen molar-refractivity contribution in [3.63, 3.8) is 0 Å². The van der Waals surface area contributed by atoms with Crippen molar-refractivity contribution < 1.29 is 32.2 Å². The van der Waals surface area contributed by atoms with E-state index in [9.17, 15) is 18.0 Å². The van der Waals surface area contributed by atoms with Crippen LogP contribution in [-0.4, -0.2) is 53.6 Å². The topological polar surface area (TPSA) is 118 Å². The quantitative estimate of drug-likeness (QED) is 0.339. The Labute approximate surface area is 259 Å². The van der Waals surface area contributed by atoms with Crippen molar-refractivity contribution in [2.24, 2.45) is 7.05 Å². The summed E-state index contributed by atoms with van der Waals surface area (Å²) in [5.74, 6) is 1.73. The number of nitrogens with zero attached hydrogens (tertiary/aromatic N) is 6. The Kier molecular flexibility index (Phi) is 8.07. The summed E-state index contributed by atoms with van der Waals surface area (Å²) < 4.78 is 60.4. The first-order valence-electron chi connectivity index (χ1n) is 15.5. The van der Waals surface area contributed by atoms with Gasteiger partial charge in [-0.3, -0.25) is 0 Å². The van der Waals surface area contributed by atoms with E-state index in [1.54, 1.807) is 0 Å². The fourth-order valence-electron chi connectivity index (χ4n) is 6.74. The zero-order chi connectivity index (χ0) is 32.0. The summed E-state index contributed by atoms with van der Waals surface area (Å²) in [6.45, 7) is 5.98. The van der Waals surface area contributed by atoms with Crippen molar-refractivity contribution in [3.8, 4) is 5.75 Å². The molecular weight excluding hydrogens is 591 g/mol. The first kappa shape index (κ1) is 31.3. The third-order valence-electron chi connectivity index (χ3n) is 9.35. The van der Waals surface area contributed by atoms with E-state index in [-0.39, 0.29) is 24.3 Å². The molecule has 11 nitrogen and oxygen atoms in total. The minimum atomic E-state index is -4.43. The van der Waals surface area contributed by atoms with Crippen LogP contribution in [0.5, 0.6) is 5.75 Å². The minimum Gasteiger partial charge on any atom is -0.486 e. The average molecular weight is 632 g/mol. The highest BCUT2D eigenvalue weighted by Crippen LogP contribution is 2.49. The van der Waals surface area contributed by atoms with E-state index in [2.05, 4.69) is 25.8 Å². The van der Waals surface area contributed by atoms with Crippen molar-refractivity contribution in [2.45, 2.75) is 114 Å². The molecule has 2 aliphatic carbocycles. The molecule has 45 heavy (non-hydrogen) atoms. The van der Waals surface area contributed by atoms with Gasteiger partial charge in [0.15, 0.2) is 5.82 Å². The summed E-state index contributed by atoms with van der Waals surface area (Å²) in [5, 5.41) is 20.8. The molecule has 1 aromatic carbocycles. The largest absolute Gasteiger partial charge is 0.486 e. The van der Waals surface area contributed by atoms with Gasteiger partial charge >= 0.3 is 12.3 Å². The van der Waals surface area contributed by atoms with Crippen molar-refractivity contribution in [1.29, 1.82) is 0 Å². The molecule has 4 aliphatic rings. The Morgan fingerprint density at radius 3 is 2.44 bits per heavy atom. The molecule has 2 aliphatic heterocycles. The van der Waals surface area contributed by atoms with Gasteiger partial charge < -0.3 is 24.1 Å². The molecule has 0 unspecified atom stereocenters. The maximum absolute atomic E-state index is 13.0. The van der Waals surface area contributed by atoms with Crippen LogP contribution >= 0.6 is 0 Å². The van der Waals surface area contributed by atoms with Crippen LogP contribution < -0.4 is 10.1 Å². The van der Waals surface area contributed by atoms with Crippen LogP contribution in [-0.2, 0) is 34.9 Å². The van der Waals surface area contributed by atoms with Crippen molar-refractivity contribution in [1.82, 2.24) is 35.1 Å². The SMILES string of the molecule is Cn1c(COc2cccc(C(F)(F)F)c2)nnc1C1CCC(n2cc(C34CCC(NC(=O)OC(C)(C)C)(CC3)CO4)nn2)CC1. The molecule has 2 saturated heterocycles. The Hall–Kier alpha value is -3.68. The highest BCUT2D eigenvalue weighted by molar-refractivity contribution is 5.69. The van der Waals surface area contributed by atoms with Gasteiger partial charge in [-0.2, -0.15) is 13.2 Å². The van der Waals surface area contributed by atoms with Gasteiger partial charge in [0, 0.05) is 13.0 Å². The number of carbonyl (C=O) groups excluding carboxylic acids is 1. The van der Waals surface area contributed by atoms with Crippen LogP contribution in [0.1, 0.15) is 107 Å². The Morgan fingerprint density at radius 2 is 1.80 bits per heavy atom. The van der Waals surface area contributed by atoms with Gasteiger partial charge in [-0.05, 0) is 90.3 Å². The van der Waals surface area contributed by atoms with Gasteiger partial charge in [-0.1, -0.05) is 11.3 Å². The lowest BCUT2D eigenvalue weighted by Gasteiger charge is -2.52. The molecule has 2 aromatic heterocycles.